The van der Waals surface area contributed by atoms with Gasteiger partial charge in [-0.15, -0.1) is 0 Å². The summed E-state index contributed by atoms with van der Waals surface area (Å²) in [7, 11) is 0. The summed E-state index contributed by atoms with van der Waals surface area (Å²) in [6.07, 6.45) is 6.77. The van der Waals surface area contributed by atoms with Gasteiger partial charge in [-0.25, -0.2) is 0 Å². The summed E-state index contributed by atoms with van der Waals surface area (Å²) >= 11 is 0. The normalized spacial score (nSPS) is 22.6. The van der Waals surface area contributed by atoms with E-state index in [-0.39, 0.29) is 5.91 Å². The molecule has 3 atom stereocenters. The van der Waals surface area contributed by atoms with Crippen molar-refractivity contribution in [3.63, 3.8) is 0 Å². The molecule has 1 aliphatic rings. The molecule has 0 spiro atoms. The van der Waals surface area contributed by atoms with Gasteiger partial charge in [0.2, 0.25) is 5.91 Å². The Morgan fingerprint density at radius 1 is 1.25 bits per heavy atom. The number of nitrogens with one attached hydrogen (secondary N) is 2. The molecule has 0 aliphatic carbocycles. The lowest BCUT2D eigenvalue weighted by molar-refractivity contribution is -0.123. The Labute approximate surface area is 125 Å². The number of hydrogen-bond acceptors (Lipinski definition) is 2. The Morgan fingerprint density at radius 2 is 2.00 bits per heavy atom. The summed E-state index contributed by atoms with van der Waals surface area (Å²) in [4.78, 5) is 12.1. The predicted molar refractivity (Wildman–Crippen MR) is 85.7 cm³/mol. The van der Waals surface area contributed by atoms with E-state index in [1.54, 1.807) is 0 Å². The Balaban J connectivity index is 2.17. The highest BCUT2D eigenvalue weighted by Gasteiger charge is 2.22. The molecule has 0 saturated carbocycles. The average molecular weight is 282 g/mol. The minimum absolute atomic E-state index is 0.236. The first kappa shape index (κ1) is 17.5. The van der Waals surface area contributed by atoms with Crippen molar-refractivity contribution in [1.82, 2.24) is 10.6 Å². The zero-order chi connectivity index (χ0) is 15.0. The first-order valence-electron chi connectivity index (χ1n) is 8.49. The molecular formula is C17H34N2O. The molecule has 2 N–H and O–H groups in total. The molecule has 1 fully saturated rings. The lowest BCUT2D eigenvalue weighted by atomic mass is 9.85. The minimum atomic E-state index is 0.236. The Kier molecular flexibility index (Phi) is 8.20. The van der Waals surface area contributed by atoms with Crippen molar-refractivity contribution in [1.29, 1.82) is 0 Å². The van der Waals surface area contributed by atoms with E-state index in [0.717, 1.165) is 25.4 Å². The molecule has 20 heavy (non-hydrogen) atoms. The van der Waals surface area contributed by atoms with Crippen LogP contribution in [0.1, 0.15) is 66.2 Å². The lowest BCUT2D eigenvalue weighted by Crippen LogP contribution is -2.37. The van der Waals surface area contributed by atoms with Crippen molar-refractivity contribution in [3.8, 4) is 0 Å². The van der Waals surface area contributed by atoms with Crippen molar-refractivity contribution >= 4 is 5.91 Å². The fraction of sp³-hybridized carbons (Fsp3) is 0.941. The van der Waals surface area contributed by atoms with E-state index >= 15 is 0 Å². The van der Waals surface area contributed by atoms with Crippen LogP contribution in [0.3, 0.4) is 0 Å². The van der Waals surface area contributed by atoms with Gasteiger partial charge < -0.3 is 10.6 Å². The van der Waals surface area contributed by atoms with Crippen molar-refractivity contribution < 1.29 is 4.79 Å². The van der Waals surface area contributed by atoms with Gasteiger partial charge in [-0.3, -0.25) is 4.79 Å². The largest absolute Gasteiger partial charge is 0.354 e. The van der Waals surface area contributed by atoms with Crippen LogP contribution in [0.15, 0.2) is 0 Å². The maximum atomic E-state index is 12.1. The SMILES string of the molecule is CC(C)CCCC(C)NC(=O)CC(C)C1CCCNC1. The van der Waals surface area contributed by atoms with Crippen LogP contribution < -0.4 is 10.6 Å². The Morgan fingerprint density at radius 3 is 2.60 bits per heavy atom. The summed E-state index contributed by atoms with van der Waals surface area (Å²) in [5, 5.41) is 6.60. The second-order valence-electron chi connectivity index (χ2n) is 7.08. The van der Waals surface area contributed by atoms with Gasteiger partial charge in [-0.05, 0) is 57.0 Å². The van der Waals surface area contributed by atoms with Gasteiger partial charge in [-0.2, -0.15) is 0 Å². The summed E-state index contributed by atoms with van der Waals surface area (Å²) in [6, 6.07) is 0.318. The van der Waals surface area contributed by atoms with Gasteiger partial charge in [0.25, 0.3) is 0 Å². The Hall–Kier alpha value is -0.570. The molecule has 1 saturated heterocycles. The van der Waals surface area contributed by atoms with Crippen molar-refractivity contribution in [2.75, 3.05) is 13.1 Å². The number of carbonyl (C=O) groups is 1. The molecule has 0 aromatic rings. The number of hydrogen-bond donors (Lipinski definition) is 2. The summed E-state index contributed by atoms with van der Waals surface area (Å²) in [5.74, 6) is 2.16. The van der Waals surface area contributed by atoms with Crippen molar-refractivity contribution in [3.05, 3.63) is 0 Å². The van der Waals surface area contributed by atoms with Gasteiger partial charge in [0.1, 0.15) is 0 Å². The first-order chi connectivity index (χ1) is 9.49. The van der Waals surface area contributed by atoms with Crippen LogP contribution in [0.2, 0.25) is 0 Å². The van der Waals surface area contributed by atoms with E-state index < -0.39 is 0 Å². The summed E-state index contributed by atoms with van der Waals surface area (Å²) < 4.78 is 0. The highest BCUT2D eigenvalue weighted by Crippen LogP contribution is 2.22. The molecule has 1 rings (SSSR count). The molecule has 1 aliphatic heterocycles. The average Bonchev–Trinajstić information content (AvgIpc) is 2.38. The van der Waals surface area contributed by atoms with Gasteiger partial charge >= 0.3 is 0 Å². The van der Waals surface area contributed by atoms with Gasteiger partial charge in [-0.1, -0.05) is 33.6 Å². The fourth-order valence-electron chi connectivity index (χ4n) is 3.06. The van der Waals surface area contributed by atoms with Crippen LogP contribution in [0, 0.1) is 17.8 Å². The molecule has 0 aromatic carbocycles. The van der Waals surface area contributed by atoms with Crippen LogP contribution in [0.25, 0.3) is 0 Å². The van der Waals surface area contributed by atoms with E-state index in [1.807, 2.05) is 0 Å². The van der Waals surface area contributed by atoms with E-state index in [1.165, 1.54) is 25.7 Å². The molecule has 1 heterocycles. The van der Waals surface area contributed by atoms with Gasteiger partial charge in [0.15, 0.2) is 0 Å². The molecule has 1 amide bonds. The third-order valence-corrected chi connectivity index (χ3v) is 4.47. The van der Waals surface area contributed by atoms with Gasteiger partial charge in [0.05, 0.1) is 0 Å². The lowest BCUT2D eigenvalue weighted by Gasteiger charge is -2.28. The van der Waals surface area contributed by atoms with E-state index in [2.05, 4.69) is 38.3 Å². The molecule has 3 heteroatoms. The second-order valence-corrected chi connectivity index (χ2v) is 7.08. The fourth-order valence-corrected chi connectivity index (χ4v) is 3.06. The van der Waals surface area contributed by atoms with Gasteiger partial charge in [0, 0.05) is 12.5 Å². The molecule has 0 aromatic heterocycles. The number of carbonyl (C=O) groups excluding carboxylic acids is 1. The molecule has 3 unspecified atom stereocenters. The van der Waals surface area contributed by atoms with Crippen LogP contribution >= 0.6 is 0 Å². The van der Waals surface area contributed by atoms with Crippen LogP contribution in [-0.4, -0.2) is 25.0 Å². The number of amides is 1. The molecule has 0 radical (unpaired) electrons. The predicted octanol–water partition coefficient (Wildman–Crippen LogP) is 3.34. The number of rotatable bonds is 8. The molecular weight excluding hydrogens is 248 g/mol. The topological polar surface area (TPSA) is 41.1 Å². The monoisotopic (exact) mass is 282 g/mol. The zero-order valence-corrected chi connectivity index (χ0v) is 13.9. The molecule has 0 bridgehead atoms. The first-order valence-corrected chi connectivity index (χ1v) is 8.49. The highest BCUT2D eigenvalue weighted by atomic mass is 16.1. The third-order valence-electron chi connectivity index (χ3n) is 4.47. The summed E-state index contributed by atoms with van der Waals surface area (Å²) in [6.45, 7) is 11.1. The van der Waals surface area contributed by atoms with E-state index in [4.69, 9.17) is 0 Å². The zero-order valence-electron chi connectivity index (χ0n) is 13.9. The van der Waals surface area contributed by atoms with Crippen molar-refractivity contribution in [2.24, 2.45) is 17.8 Å². The number of piperidine rings is 1. The van der Waals surface area contributed by atoms with Crippen LogP contribution in [-0.2, 0) is 4.79 Å². The highest BCUT2D eigenvalue weighted by molar-refractivity contribution is 5.76. The molecule has 118 valence electrons. The third kappa shape index (κ3) is 7.28. The van der Waals surface area contributed by atoms with Crippen LogP contribution in [0.4, 0.5) is 0 Å². The van der Waals surface area contributed by atoms with Crippen molar-refractivity contribution in [2.45, 2.75) is 72.3 Å². The second kappa shape index (κ2) is 9.38. The Bertz CT molecular complexity index is 272. The quantitative estimate of drug-likeness (QED) is 0.717. The maximum Gasteiger partial charge on any atom is 0.220 e. The summed E-state index contributed by atoms with van der Waals surface area (Å²) in [5.41, 5.74) is 0. The minimum Gasteiger partial charge on any atom is -0.354 e. The van der Waals surface area contributed by atoms with E-state index in [0.29, 0.717) is 24.3 Å². The maximum absolute atomic E-state index is 12.1. The van der Waals surface area contributed by atoms with E-state index in [9.17, 15) is 4.79 Å². The standard InChI is InChI=1S/C17H34N2O/c1-13(2)7-5-8-15(4)19-17(20)11-14(3)16-9-6-10-18-12-16/h13-16,18H,5-12H2,1-4H3,(H,19,20). The van der Waals surface area contributed by atoms with Crippen LogP contribution in [0.5, 0.6) is 0 Å². The molecule has 3 nitrogen and oxygen atoms in total. The smallest absolute Gasteiger partial charge is 0.220 e.